The molecule has 0 aliphatic heterocycles. The van der Waals surface area contributed by atoms with Gasteiger partial charge in [0.2, 0.25) is 0 Å². The minimum atomic E-state index is -0.849. The molecule has 0 bridgehead atoms. The number of rotatable bonds is 6. The molecule has 0 aliphatic rings. The summed E-state index contributed by atoms with van der Waals surface area (Å²) in [5, 5.41) is 14.4. The first-order valence-electron chi connectivity index (χ1n) is 7.20. The summed E-state index contributed by atoms with van der Waals surface area (Å²) in [6.07, 6.45) is 0.410. The van der Waals surface area contributed by atoms with Crippen LogP contribution in [0.2, 0.25) is 0 Å². The number of aliphatic carboxylic acids is 1. The number of carboxylic acids is 1. The number of anilines is 1. The van der Waals surface area contributed by atoms with Crippen LogP contribution in [0.15, 0.2) is 18.2 Å². The van der Waals surface area contributed by atoms with Gasteiger partial charge < -0.3 is 15.7 Å². The second-order valence-corrected chi connectivity index (χ2v) is 5.60. The van der Waals surface area contributed by atoms with Gasteiger partial charge in [-0.3, -0.25) is 4.79 Å². The van der Waals surface area contributed by atoms with E-state index in [2.05, 4.69) is 24.5 Å². The fourth-order valence-electron chi connectivity index (χ4n) is 2.03. The van der Waals surface area contributed by atoms with E-state index in [-0.39, 0.29) is 6.03 Å². The number of hydrogen-bond acceptors (Lipinski definition) is 2. The number of carbonyl (C=O) groups excluding carboxylic acids is 1. The Morgan fingerprint density at radius 1 is 1.24 bits per heavy atom. The van der Waals surface area contributed by atoms with Crippen molar-refractivity contribution in [3.05, 3.63) is 29.3 Å². The zero-order valence-corrected chi connectivity index (χ0v) is 13.1. The van der Waals surface area contributed by atoms with E-state index in [4.69, 9.17) is 5.11 Å². The molecule has 0 radical (unpaired) electrons. The first kappa shape index (κ1) is 17.0. The Kier molecular flexibility index (Phi) is 6.21. The molecule has 1 rings (SSSR count). The van der Waals surface area contributed by atoms with Gasteiger partial charge in [0.05, 0.1) is 5.92 Å². The van der Waals surface area contributed by atoms with Crippen molar-refractivity contribution in [3.8, 4) is 0 Å². The maximum atomic E-state index is 11.9. The third kappa shape index (κ3) is 5.10. The maximum absolute atomic E-state index is 11.9. The average Bonchev–Trinajstić information content (AvgIpc) is 2.40. The number of carbonyl (C=O) groups is 2. The summed E-state index contributed by atoms with van der Waals surface area (Å²) in [6, 6.07) is 5.62. The first-order chi connectivity index (χ1) is 9.82. The smallest absolute Gasteiger partial charge is 0.319 e. The van der Waals surface area contributed by atoms with Crippen molar-refractivity contribution in [2.45, 2.75) is 40.0 Å². The summed E-state index contributed by atoms with van der Waals surface area (Å²) in [5.74, 6) is -1.000. The quantitative estimate of drug-likeness (QED) is 0.752. The van der Waals surface area contributed by atoms with Crippen molar-refractivity contribution >= 4 is 17.7 Å². The van der Waals surface area contributed by atoms with E-state index in [0.717, 1.165) is 16.8 Å². The number of benzene rings is 1. The van der Waals surface area contributed by atoms with Crippen LogP contribution < -0.4 is 10.6 Å². The highest BCUT2D eigenvalue weighted by Crippen LogP contribution is 2.27. The molecular weight excluding hydrogens is 268 g/mol. The molecule has 0 aliphatic carbocycles. The second kappa shape index (κ2) is 7.67. The largest absolute Gasteiger partial charge is 0.481 e. The van der Waals surface area contributed by atoms with Crippen LogP contribution >= 0.6 is 0 Å². The summed E-state index contributed by atoms with van der Waals surface area (Å²) < 4.78 is 0. The van der Waals surface area contributed by atoms with E-state index in [1.54, 1.807) is 6.92 Å². The molecule has 116 valence electrons. The molecule has 1 unspecified atom stereocenters. The number of urea groups is 1. The lowest BCUT2D eigenvalue weighted by Gasteiger charge is -2.17. The van der Waals surface area contributed by atoms with E-state index in [0.29, 0.717) is 18.9 Å². The van der Waals surface area contributed by atoms with Gasteiger partial charge in [-0.25, -0.2) is 4.79 Å². The molecular formula is C16H24N2O3. The fourth-order valence-corrected chi connectivity index (χ4v) is 2.03. The van der Waals surface area contributed by atoms with Crippen LogP contribution in [-0.4, -0.2) is 23.7 Å². The van der Waals surface area contributed by atoms with Gasteiger partial charge in [0.1, 0.15) is 0 Å². The zero-order chi connectivity index (χ0) is 16.0. The van der Waals surface area contributed by atoms with Gasteiger partial charge >= 0.3 is 12.0 Å². The molecule has 5 nitrogen and oxygen atoms in total. The molecule has 1 aromatic carbocycles. The Bertz CT molecular complexity index is 512. The SMILES string of the molecule is Cc1cccc(C(C)C)c1NC(=O)NCCC(C)C(=O)O. The Hall–Kier alpha value is -2.04. The van der Waals surface area contributed by atoms with Crippen molar-refractivity contribution in [2.75, 3.05) is 11.9 Å². The molecule has 1 atom stereocenters. The number of nitrogens with one attached hydrogen (secondary N) is 2. The molecule has 0 aromatic heterocycles. The van der Waals surface area contributed by atoms with Gasteiger partial charge in [0, 0.05) is 12.2 Å². The van der Waals surface area contributed by atoms with Crippen LogP contribution in [0.4, 0.5) is 10.5 Å². The van der Waals surface area contributed by atoms with Crippen molar-refractivity contribution in [1.82, 2.24) is 5.32 Å². The van der Waals surface area contributed by atoms with E-state index in [1.807, 2.05) is 25.1 Å². The molecule has 5 heteroatoms. The lowest BCUT2D eigenvalue weighted by Crippen LogP contribution is -2.31. The number of hydrogen-bond donors (Lipinski definition) is 3. The zero-order valence-electron chi connectivity index (χ0n) is 13.1. The third-order valence-electron chi connectivity index (χ3n) is 3.45. The highest BCUT2D eigenvalue weighted by molar-refractivity contribution is 5.91. The van der Waals surface area contributed by atoms with Crippen molar-refractivity contribution in [2.24, 2.45) is 5.92 Å². The summed E-state index contributed by atoms with van der Waals surface area (Å²) in [5.41, 5.74) is 2.93. The predicted molar refractivity (Wildman–Crippen MR) is 83.7 cm³/mol. The molecule has 0 spiro atoms. The van der Waals surface area contributed by atoms with E-state index < -0.39 is 11.9 Å². The predicted octanol–water partition coefficient (Wildman–Crippen LogP) is 3.35. The number of amides is 2. The molecule has 0 saturated carbocycles. The summed E-state index contributed by atoms with van der Waals surface area (Å²) >= 11 is 0. The lowest BCUT2D eigenvalue weighted by atomic mass is 9.98. The van der Waals surface area contributed by atoms with E-state index in [1.165, 1.54) is 0 Å². The number of para-hydroxylation sites is 1. The number of aryl methyl sites for hydroxylation is 1. The van der Waals surface area contributed by atoms with Crippen molar-refractivity contribution in [1.29, 1.82) is 0 Å². The van der Waals surface area contributed by atoms with Crippen LogP contribution in [0.25, 0.3) is 0 Å². The molecule has 2 amide bonds. The van der Waals surface area contributed by atoms with Gasteiger partial charge in [-0.1, -0.05) is 39.0 Å². The van der Waals surface area contributed by atoms with Crippen LogP contribution in [0.3, 0.4) is 0 Å². The molecule has 1 aromatic rings. The highest BCUT2D eigenvalue weighted by atomic mass is 16.4. The third-order valence-corrected chi connectivity index (χ3v) is 3.45. The van der Waals surface area contributed by atoms with Crippen LogP contribution in [0.1, 0.15) is 44.2 Å². The summed E-state index contributed by atoms with van der Waals surface area (Å²) in [7, 11) is 0. The molecule has 0 heterocycles. The summed E-state index contributed by atoms with van der Waals surface area (Å²) in [4.78, 5) is 22.6. The van der Waals surface area contributed by atoms with Gasteiger partial charge in [-0.15, -0.1) is 0 Å². The van der Waals surface area contributed by atoms with Gasteiger partial charge in [-0.05, 0) is 30.4 Å². The van der Waals surface area contributed by atoms with E-state index in [9.17, 15) is 9.59 Å². The second-order valence-electron chi connectivity index (χ2n) is 5.60. The summed E-state index contributed by atoms with van der Waals surface area (Å²) in [6.45, 7) is 8.06. The van der Waals surface area contributed by atoms with Crippen LogP contribution in [0, 0.1) is 12.8 Å². The lowest BCUT2D eigenvalue weighted by molar-refractivity contribution is -0.141. The Morgan fingerprint density at radius 2 is 1.90 bits per heavy atom. The maximum Gasteiger partial charge on any atom is 0.319 e. The highest BCUT2D eigenvalue weighted by Gasteiger charge is 2.13. The monoisotopic (exact) mass is 292 g/mol. The van der Waals surface area contributed by atoms with Crippen LogP contribution in [-0.2, 0) is 4.79 Å². The fraction of sp³-hybridized carbons (Fsp3) is 0.500. The number of carboxylic acid groups (broad SMARTS) is 1. The van der Waals surface area contributed by atoms with Gasteiger partial charge in [0.15, 0.2) is 0 Å². The van der Waals surface area contributed by atoms with Gasteiger partial charge in [-0.2, -0.15) is 0 Å². The topological polar surface area (TPSA) is 78.4 Å². The van der Waals surface area contributed by atoms with Crippen LogP contribution in [0.5, 0.6) is 0 Å². The van der Waals surface area contributed by atoms with E-state index >= 15 is 0 Å². The standard InChI is InChI=1S/C16H24N2O3/c1-10(2)13-7-5-6-11(3)14(13)18-16(21)17-9-8-12(4)15(19)20/h5-7,10,12H,8-9H2,1-4H3,(H,19,20)(H2,17,18,21). The molecule has 3 N–H and O–H groups in total. The molecule has 0 saturated heterocycles. The first-order valence-corrected chi connectivity index (χ1v) is 7.20. The Labute approximate surface area is 125 Å². The van der Waals surface area contributed by atoms with Crippen molar-refractivity contribution < 1.29 is 14.7 Å². The molecule has 0 fully saturated rings. The van der Waals surface area contributed by atoms with Crippen molar-refractivity contribution in [3.63, 3.8) is 0 Å². The Morgan fingerprint density at radius 3 is 2.48 bits per heavy atom. The molecule has 21 heavy (non-hydrogen) atoms. The van der Waals surface area contributed by atoms with Gasteiger partial charge in [0.25, 0.3) is 0 Å². The minimum absolute atomic E-state index is 0.302. The Balaban J connectivity index is 2.61. The minimum Gasteiger partial charge on any atom is -0.481 e. The normalized spacial score (nSPS) is 12.0. The average molecular weight is 292 g/mol.